The smallest absolute Gasteiger partial charge is 0.335 e. The van der Waals surface area contributed by atoms with Gasteiger partial charge in [-0.25, -0.2) is 9.78 Å². The number of carboxylic acid groups (broad SMARTS) is 1. The molecule has 0 aliphatic rings. The van der Waals surface area contributed by atoms with Gasteiger partial charge in [0.05, 0.1) is 40.9 Å². The largest absolute Gasteiger partial charge is 0.496 e. The minimum absolute atomic E-state index is 0.112. The van der Waals surface area contributed by atoms with Crippen LogP contribution < -0.4 is 19.8 Å². The van der Waals surface area contributed by atoms with Crippen LogP contribution in [0.2, 0.25) is 0 Å². The molecule has 0 amide bonds. The molecule has 47 heavy (non-hydrogen) atoms. The number of benzene rings is 4. The second-order valence-electron chi connectivity index (χ2n) is 11.0. The summed E-state index contributed by atoms with van der Waals surface area (Å²) < 4.78 is 20.2. The lowest BCUT2D eigenvalue weighted by Gasteiger charge is -2.18. The predicted molar refractivity (Wildman–Crippen MR) is 191 cm³/mol. The number of nitrogens with zero attached hydrogens (tertiary/aromatic N) is 3. The first-order chi connectivity index (χ1) is 22.5. The van der Waals surface area contributed by atoms with Gasteiger partial charge in [0.15, 0.2) is 17.3 Å². The van der Waals surface area contributed by atoms with E-state index in [1.54, 1.807) is 49.7 Å². The molecule has 1 aromatic heterocycles. The van der Waals surface area contributed by atoms with Crippen LogP contribution in [-0.2, 0) is 6.61 Å². The molecular weight excluding hydrogens is 730 g/mol. The molecule has 5 aromatic rings. The number of rotatable bonds is 11. The van der Waals surface area contributed by atoms with Crippen molar-refractivity contribution in [1.82, 2.24) is 9.66 Å². The zero-order chi connectivity index (χ0) is 33.8. The highest BCUT2D eigenvalue weighted by molar-refractivity contribution is 9.13. The van der Waals surface area contributed by atoms with Crippen molar-refractivity contribution in [1.29, 1.82) is 0 Å². The average Bonchev–Trinajstić information content (AvgIpc) is 3.06. The molecule has 242 valence electrons. The maximum Gasteiger partial charge on any atom is 0.335 e. The number of para-hydroxylation sites is 1. The Kier molecular flexibility index (Phi) is 10.5. The average molecular weight is 763 g/mol. The lowest BCUT2D eigenvalue weighted by molar-refractivity contribution is 0.0696. The first-order valence-corrected chi connectivity index (χ1v) is 16.5. The predicted octanol–water partition coefficient (Wildman–Crippen LogP) is 8.59. The molecule has 1 heterocycles. The summed E-state index contributed by atoms with van der Waals surface area (Å²) in [5.41, 5.74) is 4.36. The number of methoxy groups -OCH3 is 1. The minimum Gasteiger partial charge on any atom is -0.496 e. The maximum absolute atomic E-state index is 13.9. The van der Waals surface area contributed by atoms with Gasteiger partial charge in [-0.2, -0.15) is 9.78 Å². The molecule has 1 N–H and O–H groups in total. The number of ether oxygens (including phenoxy) is 3. The van der Waals surface area contributed by atoms with Gasteiger partial charge >= 0.3 is 5.97 Å². The first-order valence-electron chi connectivity index (χ1n) is 14.9. The van der Waals surface area contributed by atoms with Crippen molar-refractivity contribution in [3.05, 3.63) is 114 Å². The van der Waals surface area contributed by atoms with E-state index in [1.807, 2.05) is 38.1 Å². The van der Waals surface area contributed by atoms with Gasteiger partial charge in [0, 0.05) is 15.6 Å². The summed E-state index contributed by atoms with van der Waals surface area (Å²) in [4.78, 5) is 30.3. The van der Waals surface area contributed by atoms with Gasteiger partial charge in [-0.05, 0) is 111 Å². The van der Waals surface area contributed by atoms with Crippen molar-refractivity contribution in [3.8, 4) is 28.6 Å². The molecule has 0 saturated carbocycles. The van der Waals surface area contributed by atoms with E-state index >= 15 is 0 Å². The summed E-state index contributed by atoms with van der Waals surface area (Å²) in [6.45, 7) is 8.46. The summed E-state index contributed by atoms with van der Waals surface area (Å²) in [6.07, 6.45) is 1.57. The quantitative estimate of drug-likeness (QED) is 0.134. The number of fused-ring (bicyclic) bond motifs is 1. The summed E-state index contributed by atoms with van der Waals surface area (Å²) in [5.74, 6) is 1.19. The van der Waals surface area contributed by atoms with Crippen LogP contribution in [0.3, 0.4) is 0 Å². The number of halogens is 2. The number of aromatic nitrogens is 2. The van der Waals surface area contributed by atoms with E-state index in [2.05, 4.69) is 45.7 Å². The first kappa shape index (κ1) is 33.9. The minimum atomic E-state index is -1.01. The van der Waals surface area contributed by atoms with E-state index < -0.39 is 5.97 Å². The second kappa shape index (κ2) is 14.5. The van der Waals surface area contributed by atoms with Gasteiger partial charge in [0.1, 0.15) is 12.4 Å². The van der Waals surface area contributed by atoms with Gasteiger partial charge < -0.3 is 19.3 Å². The zero-order valence-electron chi connectivity index (χ0n) is 26.5. The summed E-state index contributed by atoms with van der Waals surface area (Å²) in [5, 5.41) is 14.5. The molecule has 0 fully saturated rings. The Hall–Kier alpha value is -4.48. The Labute approximate surface area is 289 Å². The third-order valence-electron chi connectivity index (χ3n) is 7.52. The van der Waals surface area contributed by atoms with E-state index in [4.69, 9.17) is 24.3 Å². The molecule has 9 nitrogen and oxygen atoms in total. The van der Waals surface area contributed by atoms with Crippen LogP contribution >= 0.6 is 31.9 Å². The van der Waals surface area contributed by atoms with Crippen molar-refractivity contribution in [2.75, 3.05) is 13.7 Å². The second-order valence-corrected chi connectivity index (χ2v) is 12.6. The van der Waals surface area contributed by atoms with Crippen LogP contribution in [0.1, 0.15) is 59.3 Å². The fourth-order valence-corrected chi connectivity index (χ4v) is 6.07. The fourth-order valence-electron chi connectivity index (χ4n) is 5.14. The number of carboxylic acids is 1. The number of aryl methyl sites for hydroxylation is 1. The molecule has 0 atom stereocenters. The van der Waals surface area contributed by atoms with E-state index in [0.717, 1.165) is 22.4 Å². The fraction of sp³-hybridized carbons (Fsp3) is 0.222. The molecular formula is C36H33Br2N3O6. The molecule has 0 saturated heterocycles. The van der Waals surface area contributed by atoms with E-state index in [1.165, 1.54) is 10.7 Å². The van der Waals surface area contributed by atoms with E-state index in [0.29, 0.717) is 54.9 Å². The molecule has 0 unspecified atom stereocenters. The Morgan fingerprint density at radius 3 is 2.49 bits per heavy atom. The van der Waals surface area contributed by atoms with Crippen molar-refractivity contribution >= 4 is 54.9 Å². The highest BCUT2D eigenvalue weighted by Crippen LogP contribution is 2.43. The topological polar surface area (TPSA) is 112 Å². The Morgan fingerprint density at radius 1 is 1.02 bits per heavy atom. The molecule has 5 rings (SSSR count). The monoisotopic (exact) mass is 761 g/mol. The zero-order valence-corrected chi connectivity index (χ0v) is 29.7. The van der Waals surface area contributed by atoms with Crippen LogP contribution in [0.15, 0.2) is 85.6 Å². The summed E-state index contributed by atoms with van der Waals surface area (Å²) >= 11 is 7.28. The van der Waals surface area contributed by atoms with Gasteiger partial charge in [0.25, 0.3) is 5.56 Å². The van der Waals surface area contributed by atoms with Crippen molar-refractivity contribution in [2.24, 2.45) is 5.10 Å². The highest BCUT2D eigenvalue weighted by atomic mass is 79.9. The van der Waals surface area contributed by atoms with Gasteiger partial charge in [0.2, 0.25) is 0 Å². The van der Waals surface area contributed by atoms with Crippen molar-refractivity contribution < 1.29 is 24.1 Å². The SMILES string of the molecule is CCOc1cc(C=Nn2c(-c3cc(C(C)C)c(OC)cc3C)nc3ccccc3c2=O)c(Br)c(Br)c1OCc1cccc(C(=O)O)c1. The van der Waals surface area contributed by atoms with Gasteiger partial charge in [-0.1, -0.05) is 38.1 Å². The lowest BCUT2D eigenvalue weighted by Crippen LogP contribution is -2.21. The van der Waals surface area contributed by atoms with Crippen molar-refractivity contribution in [2.45, 2.75) is 40.2 Å². The Bertz CT molecular complexity index is 2070. The maximum atomic E-state index is 13.9. The van der Waals surface area contributed by atoms with Gasteiger partial charge in [-0.15, -0.1) is 0 Å². The van der Waals surface area contributed by atoms with Crippen LogP contribution in [0.25, 0.3) is 22.3 Å². The standard InChI is InChI=1S/C36H33Br2N3O6/c1-6-46-30-16-24(31(37)32(38)33(30)47-19-22-10-9-11-23(15-22)36(43)44)18-39-41-34(40-28-13-8-7-12-25(28)35(41)42)27-17-26(20(2)3)29(45-5)14-21(27)4/h7-18,20H,6,19H2,1-5H3,(H,43,44). The number of hydrogen-bond acceptors (Lipinski definition) is 7. The summed E-state index contributed by atoms with van der Waals surface area (Å²) in [7, 11) is 1.65. The molecule has 11 heteroatoms. The Morgan fingerprint density at radius 2 is 1.79 bits per heavy atom. The van der Waals surface area contributed by atoms with E-state index in [9.17, 15) is 14.7 Å². The lowest BCUT2D eigenvalue weighted by atomic mass is 9.96. The van der Waals surface area contributed by atoms with Crippen LogP contribution in [0.5, 0.6) is 17.2 Å². The van der Waals surface area contributed by atoms with Crippen molar-refractivity contribution in [3.63, 3.8) is 0 Å². The molecule has 0 radical (unpaired) electrons. The van der Waals surface area contributed by atoms with Crippen LogP contribution in [-0.4, -0.2) is 40.7 Å². The third kappa shape index (κ3) is 7.11. The normalized spacial score (nSPS) is 11.4. The Balaban J connectivity index is 1.61. The van der Waals surface area contributed by atoms with Crippen LogP contribution in [0.4, 0.5) is 0 Å². The summed E-state index contributed by atoms with van der Waals surface area (Å²) in [6, 6.07) is 19.5. The van der Waals surface area contributed by atoms with E-state index in [-0.39, 0.29) is 23.6 Å². The molecule has 4 aromatic carbocycles. The number of carbonyl (C=O) groups is 1. The number of aromatic carboxylic acids is 1. The van der Waals surface area contributed by atoms with Crippen LogP contribution in [0, 0.1) is 6.92 Å². The molecule has 0 bridgehead atoms. The molecule has 0 aliphatic heterocycles. The molecule has 0 spiro atoms. The number of hydrogen-bond donors (Lipinski definition) is 1. The third-order valence-corrected chi connectivity index (χ3v) is 9.66. The van der Waals surface area contributed by atoms with Gasteiger partial charge in [-0.3, -0.25) is 4.79 Å². The molecule has 0 aliphatic carbocycles. The highest BCUT2D eigenvalue weighted by Gasteiger charge is 2.20.